The van der Waals surface area contributed by atoms with Gasteiger partial charge in [0.15, 0.2) is 0 Å². The summed E-state index contributed by atoms with van der Waals surface area (Å²) in [5, 5.41) is 14.7. The van der Waals surface area contributed by atoms with Crippen molar-refractivity contribution in [3.63, 3.8) is 0 Å². The summed E-state index contributed by atoms with van der Waals surface area (Å²) in [6.07, 6.45) is 1.35. The molecule has 2 N–H and O–H groups in total. The lowest BCUT2D eigenvalue weighted by molar-refractivity contribution is 0.0244. The number of aliphatic hydroxyl groups excluding tert-OH is 1. The zero-order chi connectivity index (χ0) is 18.1. The van der Waals surface area contributed by atoms with E-state index >= 15 is 0 Å². The standard InChI is InChI=1S/C19H27NO2S4/c1-19(2)11-25-26-18(19)8-20-7-15(21)16-4-3-12-5-13-9-23-24-10-14(13)6-17(12)22-16/h5-6,15-16,18,20-21H,3-4,7-11H2,1-2H3. The molecule has 3 heterocycles. The molecule has 0 aromatic heterocycles. The van der Waals surface area contributed by atoms with E-state index < -0.39 is 6.10 Å². The van der Waals surface area contributed by atoms with Crippen molar-refractivity contribution in [1.82, 2.24) is 5.32 Å². The molecule has 3 unspecified atom stereocenters. The fourth-order valence-electron chi connectivity index (χ4n) is 3.59. The Bertz CT molecular complexity index is 655. The lowest BCUT2D eigenvalue weighted by Gasteiger charge is -2.32. The van der Waals surface area contributed by atoms with Crippen molar-refractivity contribution in [3.05, 3.63) is 28.8 Å². The minimum absolute atomic E-state index is 0.0997. The van der Waals surface area contributed by atoms with E-state index in [1.165, 1.54) is 22.4 Å². The van der Waals surface area contributed by atoms with Gasteiger partial charge in [0, 0.05) is 35.6 Å². The number of hydrogen-bond acceptors (Lipinski definition) is 7. The summed E-state index contributed by atoms with van der Waals surface area (Å²) >= 11 is 0. The minimum Gasteiger partial charge on any atom is -0.487 e. The largest absolute Gasteiger partial charge is 0.487 e. The number of rotatable bonds is 5. The van der Waals surface area contributed by atoms with Gasteiger partial charge in [0.25, 0.3) is 0 Å². The van der Waals surface area contributed by atoms with Gasteiger partial charge < -0.3 is 15.2 Å². The maximum atomic E-state index is 10.6. The lowest BCUT2D eigenvalue weighted by Crippen LogP contribution is -2.44. The maximum Gasteiger partial charge on any atom is 0.126 e. The van der Waals surface area contributed by atoms with Crippen molar-refractivity contribution < 1.29 is 9.84 Å². The molecule has 1 aromatic carbocycles. The van der Waals surface area contributed by atoms with Crippen LogP contribution in [0.2, 0.25) is 0 Å². The number of ether oxygens (including phenoxy) is 1. The third-order valence-corrected chi connectivity index (χ3v) is 11.2. The predicted molar refractivity (Wildman–Crippen MR) is 118 cm³/mol. The van der Waals surface area contributed by atoms with Gasteiger partial charge in [0.1, 0.15) is 18.0 Å². The molecule has 4 rings (SSSR count). The first kappa shape index (κ1) is 19.6. The van der Waals surface area contributed by atoms with Gasteiger partial charge in [-0.25, -0.2) is 0 Å². The Hall–Kier alpha value is 0.340. The SMILES string of the molecule is CC1(C)CSSC1CNCC(O)C1CCc2cc3c(cc2O1)CSSC3. The molecule has 0 amide bonds. The monoisotopic (exact) mass is 429 g/mol. The summed E-state index contributed by atoms with van der Waals surface area (Å²) < 4.78 is 6.21. The molecule has 3 aliphatic rings. The molecule has 26 heavy (non-hydrogen) atoms. The third-order valence-electron chi connectivity index (χ3n) is 5.47. The Morgan fingerprint density at radius 3 is 2.69 bits per heavy atom. The zero-order valence-corrected chi connectivity index (χ0v) is 18.6. The van der Waals surface area contributed by atoms with Gasteiger partial charge in [-0.15, -0.1) is 0 Å². The normalized spacial score (nSPS) is 28.1. The zero-order valence-electron chi connectivity index (χ0n) is 15.3. The molecule has 0 saturated carbocycles. The second kappa shape index (κ2) is 8.37. The van der Waals surface area contributed by atoms with Crippen molar-refractivity contribution >= 4 is 43.2 Å². The van der Waals surface area contributed by atoms with Gasteiger partial charge in [-0.05, 0) is 41.0 Å². The molecule has 0 bridgehead atoms. The number of benzene rings is 1. The molecule has 0 aliphatic carbocycles. The number of hydrogen-bond donors (Lipinski definition) is 2. The van der Waals surface area contributed by atoms with E-state index in [2.05, 4.69) is 31.3 Å². The van der Waals surface area contributed by atoms with Crippen LogP contribution in [0.15, 0.2) is 12.1 Å². The summed E-state index contributed by atoms with van der Waals surface area (Å²) in [6.45, 7) is 6.23. The minimum atomic E-state index is -0.453. The highest BCUT2D eigenvalue weighted by molar-refractivity contribution is 8.77. The van der Waals surface area contributed by atoms with Crippen molar-refractivity contribution in [2.24, 2.45) is 5.41 Å². The average Bonchev–Trinajstić information content (AvgIpc) is 2.97. The molecule has 1 fully saturated rings. The van der Waals surface area contributed by atoms with Crippen LogP contribution in [-0.2, 0) is 17.9 Å². The van der Waals surface area contributed by atoms with Crippen LogP contribution in [0.1, 0.15) is 37.0 Å². The fourth-order valence-corrected chi connectivity index (χ4v) is 9.77. The maximum absolute atomic E-state index is 10.6. The lowest BCUT2D eigenvalue weighted by atomic mass is 9.91. The number of nitrogens with one attached hydrogen (secondary N) is 1. The Morgan fingerprint density at radius 1 is 1.19 bits per heavy atom. The van der Waals surface area contributed by atoms with Crippen molar-refractivity contribution in [3.8, 4) is 5.75 Å². The van der Waals surface area contributed by atoms with Crippen LogP contribution in [0.4, 0.5) is 0 Å². The molecular formula is C19H27NO2S4. The van der Waals surface area contributed by atoms with Gasteiger partial charge in [0.05, 0.1) is 0 Å². The Labute approximate surface area is 172 Å². The predicted octanol–water partition coefficient (Wildman–Crippen LogP) is 4.52. The summed E-state index contributed by atoms with van der Waals surface area (Å²) in [5.41, 5.74) is 4.54. The van der Waals surface area contributed by atoms with Gasteiger partial charge in [-0.3, -0.25) is 0 Å². The molecule has 1 aromatic rings. The van der Waals surface area contributed by atoms with Crippen LogP contribution in [0, 0.1) is 5.41 Å². The Balaban J connectivity index is 1.32. The molecule has 7 heteroatoms. The molecular weight excluding hydrogens is 402 g/mol. The van der Waals surface area contributed by atoms with Crippen LogP contribution in [0.5, 0.6) is 5.75 Å². The van der Waals surface area contributed by atoms with Crippen LogP contribution in [0.25, 0.3) is 0 Å². The summed E-state index contributed by atoms with van der Waals surface area (Å²) in [4.78, 5) is 0. The van der Waals surface area contributed by atoms with Crippen LogP contribution in [-0.4, -0.2) is 41.4 Å². The molecule has 144 valence electrons. The van der Waals surface area contributed by atoms with E-state index in [1.54, 1.807) is 0 Å². The van der Waals surface area contributed by atoms with Crippen molar-refractivity contribution in [2.75, 3.05) is 18.8 Å². The van der Waals surface area contributed by atoms with Crippen LogP contribution >= 0.6 is 43.2 Å². The Kier molecular flexibility index (Phi) is 6.33. The summed E-state index contributed by atoms with van der Waals surface area (Å²) in [6, 6.07) is 4.55. The van der Waals surface area contributed by atoms with Crippen molar-refractivity contribution in [2.45, 2.75) is 55.7 Å². The molecule has 3 aliphatic heterocycles. The quantitative estimate of drug-likeness (QED) is 0.667. The molecule has 1 saturated heterocycles. The van der Waals surface area contributed by atoms with Gasteiger partial charge in [-0.2, -0.15) is 0 Å². The highest BCUT2D eigenvalue weighted by Gasteiger charge is 2.36. The molecule has 0 spiro atoms. The topological polar surface area (TPSA) is 41.5 Å². The first-order valence-electron chi connectivity index (χ1n) is 9.26. The number of aliphatic hydroxyl groups is 1. The first-order valence-corrected chi connectivity index (χ1v) is 14.1. The second-order valence-corrected chi connectivity index (χ2v) is 13.0. The highest BCUT2D eigenvalue weighted by Crippen LogP contribution is 2.48. The molecule has 0 radical (unpaired) electrons. The number of fused-ring (bicyclic) bond motifs is 2. The first-order chi connectivity index (χ1) is 12.5. The molecule has 3 atom stereocenters. The van der Waals surface area contributed by atoms with E-state index in [9.17, 15) is 5.11 Å². The van der Waals surface area contributed by atoms with Crippen LogP contribution < -0.4 is 10.1 Å². The average molecular weight is 430 g/mol. The number of aryl methyl sites for hydroxylation is 1. The third kappa shape index (κ3) is 4.33. The van der Waals surface area contributed by atoms with E-state index in [-0.39, 0.29) is 6.10 Å². The molecule has 3 nitrogen and oxygen atoms in total. The summed E-state index contributed by atoms with van der Waals surface area (Å²) in [5.74, 6) is 4.35. The van der Waals surface area contributed by atoms with E-state index in [4.69, 9.17) is 4.74 Å². The van der Waals surface area contributed by atoms with Crippen molar-refractivity contribution in [1.29, 1.82) is 0 Å². The fraction of sp³-hybridized carbons (Fsp3) is 0.684. The second-order valence-electron chi connectivity index (χ2n) is 8.01. The highest BCUT2D eigenvalue weighted by atomic mass is 33.1. The van der Waals surface area contributed by atoms with Gasteiger partial charge >= 0.3 is 0 Å². The van der Waals surface area contributed by atoms with E-state index in [0.717, 1.165) is 36.6 Å². The van der Waals surface area contributed by atoms with E-state index in [1.807, 2.05) is 43.2 Å². The Morgan fingerprint density at radius 2 is 1.96 bits per heavy atom. The smallest absolute Gasteiger partial charge is 0.126 e. The van der Waals surface area contributed by atoms with E-state index in [0.29, 0.717) is 17.2 Å². The summed E-state index contributed by atoms with van der Waals surface area (Å²) in [7, 11) is 7.80. The van der Waals surface area contributed by atoms with Crippen LogP contribution in [0.3, 0.4) is 0 Å². The van der Waals surface area contributed by atoms with Gasteiger partial charge in [0.2, 0.25) is 0 Å². The van der Waals surface area contributed by atoms with Gasteiger partial charge in [-0.1, -0.05) is 63.1 Å².